The second kappa shape index (κ2) is 6.81. The fraction of sp³-hybridized carbons (Fsp3) is 0.733. The third kappa shape index (κ3) is 3.79. The van der Waals surface area contributed by atoms with E-state index < -0.39 is 16.1 Å². The van der Waals surface area contributed by atoms with E-state index in [1.54, 1.807) is 16.6 Å². The van der Waals surface area contributed by atoms with Gasteiger partial charge in [0.15, 0.2) is 0 Å². The van der Waals surface area contributed by atoms with Crippen molar-refractivity contribution in [3.8, 4) is 0 Å². The lowest BCUT2D eigenvalue weighted by Crippen LogP contribution is -2.53. The van der Waals surface area contributed by atoms with Gasteiger partial charge in [-0.15, -0.1) is 0 Å². The summed E-state index contributed by atoms with van der Waals surface area (Å²) in [4.78, 5) is 14.4. The Morgan fingerprint density at radius 3 is 2.83 bits per heavy atom. The van der Waals surface area contributed by atoms with Gasteiger partial charge in [0, 0.05) is 26.3 Å². The Kier molecular flexibility index (Phi) is 4.93. The van der Waals surface area contributed by atoms with Crippen LogP contribution in [-0.2, 0) is 26.6 Å². The third-order valence-corrected chi connectivity index (χ3v) is 6.05. The minimum absolute atomic E-state index is 0.0111. The maximum atomic E-state index is 12.7. The van der Waals surface area contributed by atoms with Gasteiger partial charge in [-0.05, 0) is 32.1 Å². The van der Waals surface area contributed by atoms with Crippen molar-refractivity contribution in [3.05, 3.63) is 11.8 Å². The molecule has 3 heterocycles. The topological polar surface area (TPSA) is 93.5 Å². The summed E-state index contributed by atoms with van der Waals surface area (Å²) in [6.07, 6.45) is 2.02. The predicted molar refractivity (Wildman–Crippen MR) is 89.2 cm³/mol. The summed E-state index contributed by atoms with van der Waals surface area (Å²) >= 11 is 0. The molecule has 24 heavy (non-hydrogen) atoms. The highest BCUT2D eigenvalue weighted by molar-refractivity contribution is 7.89. The van der Waals surface area contributed by atoms with Crippen LogP contribution in [0.4, 0.5) is 5.82 Å². The van der Waals surface area contributed by atoms with Crippen LogP contribution in [0.3, 0.4) is 0 Å². The molecule has 0 aliphatic carbocycles. The molecule has 1 N–H and O–H groups in total. The normalized spacial score (nSPS) is 25.4. The predicted octanol–water partition coefficient (Wildman–Crippen LogP) is 0.180. The number of nitrogens with zero attached hydrogens (tertiary/aromatic N) is 3. The SMILES string of the molecule is Cc1cc(N2CCCC(NS(=O)(=O)CC3CCOC3)C2=O)n(C)n1. The summed E-state index contributed by atoms with van der Waals surface area (Å²) in [7, 11) is -1.73. The smallest absolute Gasteiger partial charge is 0.246 e. The van der Waals surface area contributed by atoms with Crippen molar-refractivity contribution in [3.63, 3.8) is 0 Å². The molecule has 2 unspecified atom stereocenters. The first-order valence-electron chi connectivity index (χ1n) is 8.25. The molecule has 2 atom stereocenters. The van der Waals surface area contributed by atoms with E-state index in [-0.39, 0.29) is 17.6 Å². The summed E-state index contributed by atoms with van der Waals surface area (Å²) < 4.78 is 34.2. The van der Waals surface area contributed by atoms with Crippen molar-refractivity contribution in [2.24, 2.45) is 13.0 Å². The molecule has 0 spiro atoms. The second-order valence-electron chi connectivity index (χ2n) is 6.58. The molecule has 0 saturated carbocycles. The zero-order valence-electron chi connectivity index (χ0n) is 14.1. The number of sulfonamides is 1. The number of ether oxygens (including phenoxy) is 1. The van der Waals surface area contributed by atoms with Crippen LogP contribution in [0.1, 0.15) is 25.0 Å². The van der Waals surface area contributed by atoms with Crippen molar-refractivity contribution >= 4 is 21.7 Å². The van der Waals surface area contributed by atoms with E-state index in [4.69, 9.17) is 4.74 Å². The van der Waals surface area contributed by atoms with Crippen molar-refractivity contribution in [2.45, 2.75) is 32.2 Å². The standard InChI is InChI=1S/C15H24N4O4S/c1-11-8-14(18(2)16-11)19-6-3-4-13(15(19)20)17-24(21,22)10-12-5-7-23-9-12/h8,12-13,17H,3-7,9-10H2,1-2H3. The first kappa shape index (κ1) is 17.4. The van der Waals surface area contributed by atoms with E-state index in [1.807, 2.05) is 13.0 Å². The number of rotatable bonds is 5. The lowest BCUT2D eigenvalue weighted by atomic mass is 10.1. The van der Waals surface area contributed by atoms with Gasteiger partial charge >= 0.3 is 0 Å². The summed E-state index contributed by atoms with van der Waals surface area (Å²) in [6.45, 7) is 3.52. The van der Waals surface area contributed by atoms with Crippen LogP contribution in [0, 0.1) is 12.8 Å². The first-order valence-corrected chi connectivity index (χ1v) is 9.91. The number of hydrogen-bond donors (Lipinski definition) is 1. The van der Waals surface area contributed by atoms with Crippen LogP contribution in [0.5, 0.6) is 0 Å². The van der Waals surface area contributed by atoms with Gasteiger partial charge in [0.2, 0.25) is 15.9 Å². The van der Waals surface area contributed by atoms with Crippen LogP contribution >= 0.6 is 0 Å². The largest absolute Gasteiger partial charge is 0.381 e. The van der Waals surface area contributed by atoms with E-state index in [0.29, 0.717) is 32.0 Å². The Labute approximate surface area is 142 Å². The quantitative estimate of drug-likeness (QED) is 0.812. The van der Waals surface area contributed by atoms with Gasteiger partial charge in [0.25, 0.3) is 0 Å². The van der Waals surface area contributed by atoms with E-state index in [2.05, 4.69) is 9.82 Å². The van der Waals surface area contributed by atoms with Gasteiger partial charge in [0.05, 0.1) is 18.1 Å². The van der Waals surface area contributed by atoms with Gasteiger partial charge in [-0.2, -0.15) is 5.10 Å². The molecular formula is C15H24N4O4S. The fourth-order valence-electron chi connectivity index (χ4n) is 3.35. The number of nitrogens with one attached hydrogen (secondary N) is 1. The van der Waals surface area contributed by atoms with E-state index in [1.165, 1.54) is 0 Å². The van der Waals surface area contributed by atoms with Crippen molar-refractivity contribution < 1.29 is 17.9 Å². The highest BCUT2D eigenvalue weighted by atomic mass is 32.2. The van der Waals surface area contributed by atoms with Gasteiger partial charge in [0.1, 0.15) is 11.9 Å². The monoisotopic (exact) mass is 356 g/mol. The molecule has 3 rings (SSSR count). The molecule has 1 aromatic heterocycles. The summed E-state index contributed by atoms with van der Waals surface area (Å²) in [5.41, 5.74) is 0.823. The molecule has 1 aromatic rings. The zero-order chi connectivity index (χ0) is 17.3. The van der Waals surface area contributed by atoms with Crippen LogP contribution in [0.25, 0.3) is 0 Å². The minimum atomic E-state index is -3.51. The molecule has 9 heteroatoms. The average molecular weight is 356 g/mol. The molecule has 0 aromatic carbocycles. The van der Waals surface area contributed by atoms with E-state index in [0.717, 1.165) is 18.5 Å². The summed E-state index contributed by atoms with van der Waals surface area (Å²) in [5.74, 6) is 0.514. The average Bonchev–Trinajstić information content (AvgIpc) is 3.10. The number of amides is 1. The van der Waals surface area contributed by atoms with Crippen LogP contribution in [-0.4, -0.2) is 55.7 Å². The number of hydrogen-bond acceptors (Lipinski definition) is 5. The maximum Gasteiger partial charge on any atom is 0.246 e. The Hall–Kier alpha value is -1.45. The summed E-state index contributed by atoms with van der Waals surface area (Å²) in [6, 6.07) is 1.13. The Morgan fingerprint density at radius 2 is 2.21 bits per heavy atom. The molecule has 0 radical (unpaired) electrons. The highest BCUT2D eigenvalue weighted by Gasteiger charge is 2.35. The van der Waals surface area contributed by atoms with Crippen LogP contribution in [0.2, 0.25) is 0 Å². The third-order valence-electron chi connectivity index (χ3n) is 4.49. The molecule has 2 aliphatic heterocycles. The second-order valence-corrected chi connectivity index (χ2v) is 8.38. The lowest BCUT2D eigenvalue weighted by molar-refractivity contribution is -0.121. The number of piperidine rings is 1. The Bertz CT molecular complexity index is 709. The minimum Gasteiger partial charge on any atom is -0.381 e. The number of aromatic nitrogens is 2. The molecule has 134 valence electrons. The van der Waals surface area contributed by atoms with E-state index in [9.17, 15) is 13.2 Å². The van der Waals surface area contributed by atoms with Gasteiger partial charge < -0.3 is 4.74 Å². The molecule has 2 saturated heterocycles. The maximum absolute atomic E-state index is 12.7. The molecule has 8 nitrogen and oxygen atoms in total. The first-order chi connectivity index (χ1) is 11.4. The lowest BCUT2D eigenvalue weighted by Gasteiger charge is -2.32. The summed E-state index contributed by atoms with van der Waals surface area (Å²) in [5, 5.41) is 4.26. The number of carbonyl (C=O) groups excluding carboxylic acids is 1. The zero-order valence-corrected chi connectivity index (χ0v) is 14.9. The van der Waals surface area contributed by atoms with Gasteiger partial charge in [-0.3, -0.25) is 14.4 Å². The molecule has 2 aliphatic rings. The molecule has 2 fully saturated rings. The number of carbonyl (C=O) groups is 1. The molecular weight excluding hydrogens is 332 g/mol. The molecule has 1 amide bonds. The van der Waals surface area contributed by atoms with Gasteiger partial charge in [-0.1, -0.05) is 0 Å². The highest BCUT2D eigenvalue weighted by Crippen LogP contribution is 2.22. The Morgan fingerprint density at radius 1 is 1.42 bits per heavy atom. The van der Waals surface area contributed by atoms with Gasteiger partial charge in [-0.25, -0.2) is 13.1 Å². The molecule has 0 bridgehead atoms. The van der Waals surface area contributed by atoms with Crippen molar-refractivity contribution in [2.75, 3.05) is 30.4 Å². The number of anilines is 1. The van der Waals surface area contributed by atoms with Crippen LogP contribution < -0.4 is 9.62 Å². The van der Waals surface area contributed by atoms with E-state index >= 15 is 0 Å². The van der Waals surface area contributed by atoms with Crippen molar-refractivity contribution in [1.29, 1.82) is 0 Å². The Balaban J connectivity index is 1.69. The number of aryl methyl sites for hydroxylation is 2. The van der Waals surface area contributed by atoms with Crippen molar-refractivity contribution in [1.82, 2.24) is 14.5 Å². The fourth-order valence-corrected chi connectivity index (χ4v) is 4.98. The van der Waals surface area contributed by atoms with Crippen LogP contribution in [0.15, 0.2) is 6.07 Å².